The second-order valence-electron chi connectivity index (χ2n) is 7.00. The first-order valence-electron chi connectivity index (χ1n) is 9.65. The third-order valence-corrected chi connectivity index (χ3v) is 7.58. The van der Waals surface area contributed by atoms with Crippen molar-refractivity contribution < 1.29 is 9.53 Å². The van der Waals surface area contributed by atoms with Crippen LogP contribution in [0.25, 0.3) is 0 Å². The van der Waals surface area contributed by atoms with Crippen LogP contribution in [0.4, 0.5) is 0 Å². The lowest BCUT2D eigenvalue weighted by atomic mass is 10.0. The van der Waals surface area contributed by atoms with Crippen molar-refractivity contribution in [1.82, 2.24) is 9.91 Å². The minimum atomic E-state index is -0.105. The number of thiophene rings is 1. The van der Waals surface area contributed by atoms with Gasteiger partial charge in [0.15, 0.2) is 0 Å². The van der Waals surface area contributed by atoms with Gasteiger partial charge in [-0.15, -0.1) is 11.3 Å². The van der Waals surface area contributed by atoms with Crippen LogP contribution in [0.5, 0.6) is 5.75 Å². The standard InChI is InChI=1S/C21H23N3O2S3/c1-26-16-8-6-15(7-9-16)18-13-17(19-5-4-12-28-19)22-24(18)20(25)14-29-21(27)23-10-2-3-11-23/h4-9,12,18H,2-3,10-11,13-14H2,1H3/t18-/m0/s1. The molecule has 1 aromatic carbocycles. The van der Waals surface area contributed by atoms with Gasteiger partial charge in [-0.25, -0.2) is 5.01 Å². The normalized spacial score (nSPS) is 18.8. The Kier molecular flexibility index (Phi) is 6.52. The Morgan fingerprint density at radius 1 is 1.28 bits per heavy atom. The van der Waals surface area contributed by atoms with Gasteiger partial charge in [-0.05, 0) is 42.0 Å². The lowest BCUT2D eigenvalue weighted by Crippen LogP contribution is -2.30. The van der Waals surface area contributed by atoms with Gasteiger partial charge in [-0.3, -0.25) is 4.79 Å². The van der Waals surface area contributed by atoms with E-state index < -0.39 is 0 Å². The Bertz CT molecular complexity index is 890. The molecule has 2 aliphatic rings. The molecule has 1 aromatic heterocycles. The number of nitrogens with zero attached hydrogens (tertiary/aromatic N) is 3. The predicted octanol–water partition coefficient (Wildman–Crippen LogP) is 4.55. The number of carbonyl (C=O) groups excluding carboxylic acids is 1. The topological polar surface area (TPSA) is 45.1 Å². The van der Waals surface area contributed by atoms with Gasteiger partial charge in [0, 0.05) is 19.5 Å². The molecular formula is C21H23N3O2S3. The van der Waals surface area contributed by atoms with Crippen molar-refractivity contribution in [3.63, 3.8) is 0 Å². The Morgan fingerprint density at radius 2 is 2.03 bits per heavy atom. The second-order valence-corrected chi connectivity index (χ2v) is 9.56. The fourth-order valence-electron chi connectivity index (χ4n) is 3.60. The Balaban J connectivity index is 1.50. The number of ether oxygens (including phenoxy) is 1. The van der Waals surface area contributed by atoms with E-state index in [0.717, 1.165) is 39.3 Å². The number of hydrogen-bond donors (Lipinski definition) is 0. The molecule has 1 fully saturated rings. The van der Waals surface area contributed by atoms with E-state index in [2.05, 4.69) is 11.0 Å². The number of rotatable bonds is 5. The number of thioether (sulfide) groups is 1. The molecule has 3 heterocycles. The molecule has 29 heavy (non-hydrogen) atoms. The van der Waals surface area contributed by atoms with Crippen molar-refractivity contribution in [2.75, 3.05) is 26.0 Å². The number of benzene rings is 1. The van der Waals surface area contributed by atoms with Crippen molar-refractivity contribution in [3.05, 3.63) is 52.2 Å². The van der Waals surface area contributed by atoms with Crippen molar-refractivity contribution in [3.8, 4) is 5.75 Å². The average Bonchev–Trinajstić information content (AvgIpc) is 3.52. The van der Waals surface area contributed by atoms with E-state index in [0.29, 0.717) is 12.2 Å². The van der Waals surface area contributed by atoms with Crippen LogP contribution in [0.2, 0.25) is 0 Å². The summed E-state index contributed by atoms with van der Waals surface area (Å²) < 4.78 is 6.09. The lowest BCUT2D eigenvalue weighted by Gasteiger charge is -2.23. The molecule has 1 saturated heterocycles. The van der Waals surface area contributed by atoms with E-state index in [1.165, 1.54) is 24.6 Å². The number of hydrogen-bond acceptors (Lipinski definition) is 6. The zero-order valence-electron chi connectivity index (χ0n) is 16.2. The zero-order valence-corrected chi connectivity index (χ0v) is 18.7. The van der Waals surface area contributed by atoms with Gasteiger partial charge in [0.05, 0.1) is 29.5 Å². The molecule has 2 aliphatic heterocycles. The van der Waals surface area contributed by atoms with Gasteiger partial charge in [0.1, 0.15) is 10.1 Å². The van der Waals surface area contributed by atoms with Gasteiger partial charge in [0.25, 0.3) is 5.91 Å². The third-order valence-electron chi connectivity index (χ3n) is 5.16. The van der Waals surface area contributed by atoms with Crippen LogP contribution >= 0.6 is 35.3 Å². The summed E-state index contributed by atoms with van der Waals surface area (Å²) in [5.41, 5.74) is 2.02. The third kappa shape index (κ3) is 4.65. The monoisotopic (exact) mass is 445 g/mol. The fraction of sp³-hybridized carbons (Fsp3) is 0.381. The van der Waals surface area contributed by atoms with E-state index in [4.69, 9.17) is 22.1 Å². The largest absolute Gasteiger partial charge is 0.497 e. The molecular weight excluding hydrogens is 422 g/mol. The molecule has 0 saturated carbocycles. The quantitative estimate of drug-likeness (QED) is 0.632. The van der Waals surface area contributed by atoms with Crippen LogP contribution in [0.1, 0.15) is 35.7 Å². The van der Waals surface area contributed by atoms with E-state index in [-0.39, 0.29) is 11.9 Å². The number of carbonyl (C=O) groups is 1. The minimum absolute atomic E-state index is 0.0103. The number of hydrazone groups is 1. The number of thiocarbonyl (C=S) groups is 1. The van der Waals surface area contributed by atoms with Crippen molar-refractivity contribution in [1.29, 1.82) is 0 Å². The van der Waals surface area contributed by atoms with Crippen LogP contribution in [-0.4, -0.2) is 51.8 Å². The smallest absolute Gasteiger partial charge is 0.253 e. The van der Waals surface area contributed by atoms with Gasteiger partial charge in [-0.1, -0.05) is 42.2 Å². The summed E-state index contributed by atoms with van der Waals surface area (Å²) >= 11 is 8.62. The first kappa shape index (κ1) is 20.4. The second kappa shape index (κ2) is 9.28. The molecule has 2 aromatic rings. The van der Waals surface area contributed by atoms with Crippen molar-refractivity contribution in [2.24, 2.45) is 5.10 Å². The van der Waals surface area contributed by atoms with Crippen LogP contribution in [-0.2, 0) is 4.79 Å². The minimum Gasteiger partial charge on any atom is -0.497 e. The Hall–Kier alpha value is -1.90. The van der Waals surface area contributed by atoms with E-state index in [9.17, 15) is 4.79 Å². The molecule has 8 heteroatoms. The molecule has 152 valence electrons. The fourth-order valence-corrected chi connectivity index (χ4v) is 5.42. The maximum atomic E-state index is 13.1. The highest BCUT2D eigenvalue weighted by Gasteiger charge is 2.33. The van der Waals surface area contributed by atoms with E-state index >= 15 is 0 Å². The maximum Gasteiger partial charge on any atom is 0.253 e. The maximum absolute atomic E-state index is 13.1. The summed E-state index contributed by atoms with van der Waals surface area (Å²) in [7, 11) is 1.65. The summed E-state index contributed by atoms with van der Waals surface area (Å²) in [4.78, 5) is 16.4. The summed E-state index contributed by atoms with van der Waals surface area (Å²) in [5.74, 6) is 1.10. The predicted molar refractivity (Wildman–Crippen MR) is 124 cm³/mol. The zero-order chi connectivity index (χ0) is 20.2. The average molecular weight is 446 g/mol. The van der Waals surface area contributed by atoms with Gasteiger partial charge in [0.2, 0.25) is 0 Å². The first-order chi connectivity index (χ1) is 14.2. The highest BCUT2D eigenvalue weighted by Crippen LogP contribution is 2.35. The molecule has 0 aliphatic carbocycles. The molecule has 1 atom stereocenters. The molecule has 1 amide bonds. The van der Waals surface area contributed by atoms with Crippen LogP contribution in [0.3, 0.4) is 0 Å². The van der Waals surface area contributed by atoms with Crippen molar-refractivity contribution >= 4 is 51.3 Å². The summed E-state index contributed by atoms with van der Waals surface area (Å²) in [6.07, 6.45) is 3.06. The van der Waals surface area contributed by atoms with Crippen molar-refractivity contribution in [2.45, 2.75) is 25.3 Å². The first-order valence-corrected chi connectivity index (χ1v) is 11.9. The lowest BCUT2D eigenvalue weighted by molar-refractivity contribution is -0.130. The summed E-state index contributed by atoms with van der Waals surface area (Å²) in [6.45, 7) is 2.00. The Morgan fingerprint density at radius 3 is 2.69 bits per heavy atom. The SMILES string of the molecule is COc1ccc([C@@H]2CC(c3cccs3)=NN2C(=O)CSC(=S)N2CCCC2)cc1. The van der Waals surface area contributed by atoms with Crippen LogP contribution < -0.4 is 4.74 Å². The highest BCUT2D eigenvalue weighted by molar-refractivity contribution is 8.23. The molecule has 4 rings (SSSR count). The molecule has 0 radical (unpaired) electrons. The van der Waals surface area contributed by atoms with E-state index in [1.807, 2.05) is 35.7 Å². The van der Waals surface area contributed by atoms with Gasteiger partial charge in [-0.2, -0.15) is 5.10 Å². The van der Waals surface area contributed by atoms with Crippen LogP contribution in [0.15, 0.2) is 46.9 Å². The van der Waals surface area contributed by atoms with Gasteiger partial charge >= 0.3 is 0 Å². The molecule has 0 N–H and O–H groups in total. The number of amides is 1. The molecule has 0 spiro atoms. The number of methoxy groups -OCH3 is 1. The van der Waals surface area contributed by atoms with E-state index in [1.54, 1.807) is 23.5 Å². The van der Waals surface area contributed by atoms with Crippen LogP contribution in [0, 0.1) is 0 Å². The Labute approximate surface area is 184 Å². The van der Waals surface area contributed by atoms with Gasteiger partial charge < -0.3 is 9.64 Å². The summed E-state index contributed by atoms with van der Waals surface area (Å²) in [6, 6.07) is 11.8. The molecule has 5 nitrogen and oxygen atoms in total. The number of likely N-dealkylation sites (tertiary alicyclic amines) is 1. The summed E-state index contributed by atoms with van der Waals surface area (Å²) in [5, 5.41) is 8.40. The highest BCUT2D eigenvalue weighted by atomic mass is 32.2. The molecule has 0 unspecified atom stereocenters. The molecule has 0 bridgehead atoms.